The quantitative estimate of drug-likeness (QED) is 0.441. The molecule has 1 N–H and O–H groups in total. The first-order valence-corrected chi connectivity index (χ1v) is 12.5. The topological polar surface area (TPSA) is 82.5 Å². The van der Waals surface area contributed by atoms with Crippen LogP contribution in [0.2, 0.25) is 0 Å². The summed E-state index contributed by atoms with van der Waals surface area (Å²) in [6, 6.07) is 15.0. The first-order valence-electron chi connectivity index (χ1n) is 11.5. The Morgan fingerprint density at radius 2 is 1.82 bits per heavy atom. The molecule has 2 aromatic carbocycles. The average Bonchev–Trinajstić information content (AvgIpc) is 2.85. The van der Waals surface area contributed by atoms with Gasteiger partial charge in [0.1, 0.15) is 6.61 Å². The summed E-state index contributed by atoms with van der Waals surface area (Å²) in [4.78, 5) is 30.6. The Morgan fingerprint density at radius 1 is 1.06 bits per heavy atom. The Bertz CT molecular complexity index is 1210. The zero-order valence-corrected chi connectivity index (χ0v) is 19.2. The van der Waals surface area contributed by atoms with Gasteiger partial charge in [0, 0.05) is 6.04 Å². The van der Waals surface area contributed by atoms with Crippen molar-refractivity contribution in [2.75, 3.05) is 12.4 Å². The Labute approximate surface area is 196 Å². The standard InChI is InChI=1S/C25H27N3O4S/c29-23(26-17-8-2-1-3-9-17)16-33-25-27-20-11-5-4-10-19(20)24(30)28(25)14-18-15-31-21-12-6-7-13-22(21)32-18/h4-7,10-13,17-18H,1-3,8-9,14-16H2,(H,26,29)/t18-/m0/s1. The Hall–Kier alpha value is -3.00. The maximum Gasteiger partial charge on any atom is 0.262 e. The molecule has 1 saturated carbocycles. The van der Waals surface area contributed by atoms with Gasteiger partial charge >= 0.3 is 0 Å². The number of ether oxygens (including phenoxy) is 2. The number of thioether (sulfide) groups is 1. The Morgan fingerprint density at radius 3 is 2.67 bits per heavy atom. The highest BCUT2D eigenvalue weighted by molar-refractivity contribution is 7.99. The van der Waals surface area contributed by atoms with Crippen LogP contribution in [0.4, 0.5) is 0 Å². The van der Waals surface area contributed by atoms with Gasteiger partial charge in [-0.15, -0.1) is 0 Å². The van der Waals surface area contributed by atoms with E-state index in [0.717, 1.165) is 25.7 Å². The molecule has 1 amide bonds. The molecule has 7 nitrogen and oxygen atoms in total. The molecule has 5 rings (SSSR count). The molecule has 1 fully saturated rings. The minimum atomic E-state index is -0.337. The maximum atomic E-state index is 13.3. The summed E-state index contributed by atoms with van der Waals surface area (Å²) in [7, 11) is 0. The molecule has 33 heavy (non-hydrogen) atoms. The lowest BCUT2D eigenvalue weighted by Gasteiger charge is -2.27. The molecular formula is C25H27N3O4S. The second-order valence-corrected chi connectivity index (χ2v) is 9.46. The number of hydrogen-bond acceptors (Lipinski definition) is 6. The van der Waals surface area contributed by atoms with E-state index in [0.29, 0.717) is 34.2 Å². The van der Waals surface area contributed by atoms with Crippen LogP contribution < -0.4 is 20.3 Å². The number of nitrogens with zero attached hydrogens (tertiary/aromatic N) is 2. The van der Waals surface area contributed by atoms with Crippen molar-refractivity contribution in [2.45, 2.75) is 56.0 Å². The summed E-state index contributed by atoms with van der Waals surface area (Å²) in [6.07, 6.45) is 5.31. The van der Waals surface area contributed by atoms with E-state index in [2.05, 4.69) is 5.32 Å². The normalized spacial score (nSPS) is 18.2. The number of nitrogens with one attached hydrogen (secondary N) is 1. The molecule has 2 aliphatic rings. The number of amides is 1. The minimum Gasteiger partial charge on any atom is -0.486 e. The predicted molar refractivity (Wildman–Crippen MR) is 128 cm³/mol. The summed E-state index contributed by atoms with van der Waals surface area (Å²) in [5, 5.41) is 4.19. The van der Waals surface area contributed by atoms with Crippen molar-refractivity contribution in [2.24, 2.45) is 0 Å². The van der Waals surface area contributed by atoms with Crippen molar-refractivity contribution >= 4 is 28.6 Å². The van der Waals surface area contributed by atoms with Crippen LogP contribution in [0.5, 0.6) is 11.5 Å². The van der Waals surface area contributed by atoms with Crippen molar-refractivity contribution in [3.05, 3.63) is 58.9 Å². The van der Waals surface area contributed by atoms with Crippen molar-refractivity contribution < 1.29 is 14.3 Å². The number of aromatic nitrogens is 2. The highest BCUT2D eigenvalue weighted by Gasteiger charge is 2.24. The third-order valence-electron chi connectivity index (χ3n) is 6.08. The van der Waals surface area contributed by atoms with E-state index in [1.54, 1.807) is 10.6 Å². The van der Waals surface area contributed by atoms with Crippen molar-refractivity contribution in [1.29, 1.82) is 0 Å². The molecular weight excluding hydrogens is 438 g/mol. The Balaban J connectivity index is 1.36. The third kappa shape index (κ3) is 5.00. The molecule has 0 spiro atoms. The second-order valence-electron chi connectivity index (χ2n) is 8.52. The lowest BCUT2D eigenvalue weighted by molar-refractivity contribution is -0.119. The van der Waals surface area contributed by atoms with Crippen LogP contribution in [0.1, 0.15) is 32.1 Å². The van der Waals surface area contributed by atoms with Crippen molar-refractivity contribution in [1.82, 2.24) is 14.9 Å². The van der Waals surface area contributed by atoms with E-state index in [1.807, 2.05) is 42.5 Å². The van der Waals surface area contributed by atoms with Gasteiger partial charge in [0.25, 0.3) is 5.56 Å². The molecule has 0 saturated heterocycles. The summed E-state index contributed by atoms with van der Waals surface area (Å²) >= 11 is 1.29. The Kier molecular flexibility index (Phi) is 6.53. The van der Waals surface area contributed by atoms with E-state index < -0.39 is 0 Å². The van der Waals surface area contributed by atoms with Gasteiger partial charge < -0.3 is 14.8 Å². The zero-order chi connectivity index (χ0) is 22.6. The van der Waals surface area contributed by atoms with Gasteiger partial charge in [-0.05, 0) is 37.1 Å². The number of benzene rings is 2. The largest absolute Gasteiger partial charge is 0.486 e. The van der Waals surface area contributed by atoms with Gasteiger partial charge in [-0.1, -0.05) is 55.3 Å². The molecule has 0 bridgehead atoms. The lowest BCUT2D eigenvalue weighted by atomic mass is 9.95. The summed E-state index contributed by atoms with van der Waals surface area (Å²) < 4.78 is 13.5. The SMILES string of the molecule is O=C(CSc1nc2ccccc2c(=O)n1C[C@H]1COc2ccccc2O1)NC1CCCCC1. The number of carbonyl (C=O) groups excluding carboxylic acids is 1. The zero-order valence-electron chi connectivity index (χ0n) is 18.4. The van der Waals surface area contributed by atoms with Gasteiger partial charge in [-0.2, -0.15) is 0 Å². The molecule has 0 radical (unpaired) electrons. The molecule has 1 aromatic heterocycles. The van der Waals surface area contributed by atoms with Gasteiger partial charge in [-0.3, -0.25) is 14.2 Å². The fourth-order valence-corrected chi connectivity index (χ4v) is 5.24. The van der Waals surface area contributed by atoms with Crippen LogP contribution in [-0.2, 0) is 11.3 Å². The van der Waals surface area contributed by atoms with Gasteiger partial charge in [0.15, 0.2) is 22.8 Å². The van der Waals surface area contributed by atoms with Gasteiger partial charge in [-0.25, -0.2) is 4.98 Å². The number of carbonyl (C=O) groups is 1. The lowest BCUT2D eigenvalue weighted by Crippen LogP contribution is -2.38. The van der Waals surface area contributed by atoms with Crippen LogP contribution in [0, 0.1) is 0 Å². The average molecular weight is 466 g/mol. The molecule has 3 aromatic rings. The molecule has 1 aliphatic carbocycles. The molecule has 0 unspecified atom stereocenters. The summed E-state index contributed by atoms with van der Waals surface area (Å²) in [5.41, 5.74) is 0.485. The van der Waals surface area contributed by atoms with Crippen LogP contribution in [0.15, 0.2) is 58.5 Å². The highest BCUT2D eigenvalue weighted by Crippen LogP contribution is 2.31. The number of fused-ring (bicyclic) bond motifs is 2. The van der Waals surface area contributed by atoms with E-state index in [-0.39, 0.29) is 35.9 Å². The molecule has 1 aliphatic heterocycles. The first kappa shape index (κ1) is 21.8. The summed E-state index contributed by atoms with van der Waals surface area (Å²) in [6.45, 7) is 0.625. The van der Waals surface area contributed by atoms with E-state index >= 15 is 0 Å². The monoisotopic (exact) mass is 465 g/mol. The van der Waals surface area contributed by atoms with Gasteiger partial charge in [0.2, 0.25) is 5.91 Å². The third-order valence-corrected chi connectivity index (χ3v) is 7.06. The van der Waals surface area contributed by atoms with Crippen LogP contribution in [0.25, 0.3) is 10.9 Å². The molecule has 8 heteroatoms. The van der Waals surface area contributed by atoms with Crippen LogP contribution in [-0.4, -0.2) is 40.0 Å². The second kappa shape index (κ2) is 9.87. The smallest absolute Gasteiger partial charge is 0.262 e. The maximum absolute atomic E-state index is 13.3. The first-order chi connectivity index (χ1) is 16.2. The van der Waals surface area contributed by atoms with Crippen LogP contribution in [0.3, 0.4) is 0 Å². The number of hydrogen-bond donors (Lipinski definition) is 1. The number of rotatable bonds is 6. The van der Waals surface area contributed by atoms with E-state index in [9.17, 15) is 9.59 Å². The molecule has 172 valence electrons. The van der Waals surface area contributed by atoms with Crippen molar-refractivity contribution in [3.63, 3.8) is 0 Å². The van der Waals surface area contributed by atoms with E-state index in [4.69, 9.17) is 14.5 Å². The summed E-state index contributed by atoms with van der Waals surface area (Å²) in [5.74, 6) is 1.56. The van der Waals surface area contributed by atoms with Gasteiger partial charge in [0.05, 0.1) is 23.2 Å². The highest BCUT2D eigenvalue weighted by atomic mass is 32.2. The van der Waals surface area contributed by atoms with E-state index in [1.165, 1.54) is 18.2 Å². The van der Waals surface area contributed by atoms with Crippen molar-refractivity contribution in [3.8, 4) is 11.5 Å². The molecule has 2 heterocycles. The minimum absolute atomic E-state index is 0.0213. The number of para-hydroxylation sites is 3. The van der Waals surface area contributed by atoms with Crippen LogP contribution >= 0.6 is 11.8 Å². The fraction of sp³-hybridized carbons (Fsp3) is 0.400. The fourth-order valence-electron chi connectivity index (χ4n) is 4.42. The molecule has 1 atom stereocenters. The predicted octanol–water partition coefficient (Wildman–Crippen LogP) is 3.78.